The van der Waals surface area contributed by atoms with Gasteiger partial charge in [-0.1, -0.05) is 0 Å². The van der Waals surface area contributed by atoms with Gasteiger partial charge in [0.15, 0.2) is 11.6 Å². The number of carbonyl (C=O) groups is 2. The third-order valence-corrected chi connectivity index (χ3v) is 1.78. The van der Waals surface area contributed by atoms with E-state index in [0.29, 0.717) is 6.29 Å². The van der Waals surface area contributed by atoms with Gasteiger partial charge < -0.3 is 18.7 Å². The van der Waals surface area contributed by atoms with Crippen LogP contribution in [-0.4, -0.2) is 37.6 Å². The van der Waals surface area contributed by atoms with Gasteiger partial charge in [-0.2, -0.15) is 0 Å². The Morgan fingerprint density at radius 1 is 1.67 bits per heavy atom. The highest BCUT2D eigenvalue weighted by atomic mass is 16.5. The van der Waals surface area contributed by atoms with Crippen LogP contribution in [0.1, 0.15) is 16.4 Å². The van der Waals surface area contributed by atoms with Gasteiger partial charge in [-0.25, -0.2) is 9.78 Å². The summed E-state index contributed by atoms with van der Waals surface area (Å²) in [5.74, 6) is -0.320. The first-order valence-corrected chi connectivity index (χ1v) is 4.22. The second-order valence-corrected chi connectivity index (χ2v) is 2.73. The Bertz CT molecular complexity index is 346. The predicted molar refractivity (Wildman–Crippen MR) is 48.4 cm³/mol. The van der Waals surface area contributed by atoms with E-state index in [2.05, 4.69) is 9.72 Å². The van der Waals surface area contributed by atoms with Gasteiger partial charge in [-0.3, -0.25) is 0 Å². The minimum Gasteiger partial charge on any atom is -0.464 e. The number of carbonyl (C=O) groups excluding carboxylic acids is 2. The van der Waals surface area contributed by atoms with E-state index in [1.165, 1.54) is 20.5 Å². The summed E-state index contributed by atoms with van der Waals surface area (Å²) in [4.78, 5) is 25.3. The molecule has 0 bridgehead atoms. The fourth-order valence-corrected chi connectivity index (χ4v) is 0.962. The molecule has 0 N–H and O–H groups in total. The Labute approximate surface area is 86.2 Å². The summed E-state index contributed by atoms with van der Waals surface area (Å²) in [6.07, 6.45) is 1.40. The average molecular weight is 213 g/mol. The number of hydrogen-bond acceptors (Lipinski definition) is 6. The summed E-state index contributed by atoms with van der Waals surface area (Å²) in [7, 11) is 2.66. The summed E-state index contributed by atoms with van der Waals surface area (Å²) in [5, 5.41) is 0. The second kappa shape index (κ2) is 5.26. The Morgan fingerprint density at radius 3 is 2.93 bits per heavy atom. The van der Waals surface area contributed by atoms with Crippen LogP contribution in [0.2, 0.25) is 0 Å². The van der Waals surface area contributed by atoms with E-state index in [0.717, 1.165) is 0 Å². The average Bonchev–Trinajstić information content (AvgIpc) is 2.73. The molecule has 0 unspecified atom stereocenters. The van der Waals surface area contributed by atoms with Crippen molar-refractivity contribution >= 4 is 12.3 Å². The number of esters is 1. The maximum atomic E-state index is 11.0. The van der Waals surface area contributed by atoms with E-state index in [9.17, 15) is 9.59 Å². The number of methoxy groups -OCH3 is 2. The van der Waals surface area contributed by atoms with Gasteiger partial charge in [0, 0.05) is 7.11 Å². The zero-order chi connectivity index (χ0) is 11.3. The molecule has 82 valence electrons. The molecule has 0 aliphatic carbocycles. The minimum atomic E-state index is -0.617. The van der Waals surface area contributed by atoms with Crippen LogP contribution in [0.4, 0.5) is 0 Å². The lowest BCUT2D eigenvalue weighted by Gasteiger charge is -2.03. The second-order valence-electron chi connectivity index (χ2n) is 2.73. The Hall–Kier alpha value is -1.69. The number of rotatable bonds is 5. The smallest absolute Gasteiger partial charge is 0.360 e. The van der Waals surface area contributed by atoms with Crippen molar-refractivity contribution in [2.75, 3.05) is 14.2 Å². The van der Waals surface area contributed by atoms with Crippen LogP contribution < -0.4 is 0 Å². The van der Waals surface area contributed by atoms with Crippen LogP contribution in [-0.2, 0) is 20.7 Å². The molecule has 0 aliphatic heterocycles. The molecular formula is C9H11NO5. The van der Waals surface area contributed by atoms with Gasteiger partial charge in [0.1, 0.15) is 18.7 Å². The standard InChI is InChI=1S/C9H11NO5/c1-13-6(4-11)3-8-10-7(5-15-8)9(12)14-2/h4-6H,3H2,1-2H3/t6-/m1/s1. The third kappa shape index (κ3) is 2.88. The van der Waals surface area contributed by atoms with Crippen molar-refractivity contribution < 1.29 is 23.5 Å². The molecule has 0 aromatic carbocycles. The van der Waals surface area contributed by atoms with Crippen molar-refractivity contribution in [3.63, 3.8) is 0 Å². The number of ether oxygens (including phenoxy) is 2. The molecule has 1 atom stereocenters. The van der Waals surface area contributed by atoms with Gasteiger partial charge in [-0.15, -0.1) is 0 Å². The van der Waals surface area contributed by atoms with Crippen LogP contribution >= 0.6 is 0 Å². The maximum absolute atomic E-state index is 11.0. The van der Waals surface area contributed by atoms with Crippen molar-refractivity contribution in [2.24, 2.45) is 0 Å². The number of hydrogen-bond donors (Lipinski definition) is 0. The van der Waals surface area contributed by atoms with Crippen LogP contribution in [0, 0.1) is 0 Å². The lowest BCUT2D eigenvalue weighted by molar-refractivity contribution is -0.116. The molecule has 1 aromatic rings. The summed E-state index contributed by atoms with van der Waals surface area (Å²) >= 11 is 0. The number of oxazole rings is 1. The topological polar surface area (TPSA) is 78.6 Å². The Balaban J connectivity index is 2.67. The fourth-order valence-electron chi connectivity index (χ4n) is 0.962. The molecule has 6 heteroatoms. The fraction of sp³-hybridized carbons (Fsp3) is 0.444. The van der Waals surface area contributed by atoms with Crippen molar-refractivity contribution in [1.82, 2.24) is 4.98 Å². The highest BCUT2D eigenvalue weighted by Gasteiger charge is 2.15. The first kappa shape index (κ1) is 11.4. The summed E-state index contributed by atoms with van der Waals surface area (Å²) in [6, 6.07) is 0. The van der Waals surface area contributed by atoms with Crippen molar-refractivity contribution in [2.45, 2.75) is 12.5 Å². The van der Waals surface area contributed by atoms with E-state index < -0.39 is 12.1 Å². The van der Waals surface area contributed by atoms with E-state index in [-0.39, 0.29) is 18.0 Å². The van der Waals surface area contributed by atoms with Crippen LogP contribution in [0.3, 0.4) is 0 Å². The molecule has 0 saturated heterocycles. The maximum Gasteiger partial charge on any atom is 0.360 e. The molecule has 15 heavy (non-hydrogen) atoms. The van der Waals surface area contributed by atoms with Gasteiger partial charge in [0.25, 0.3) is 0 Å². The zero-order valence-electron chi connectivity index (χ0n) is 8.43. The molecule has 0 amide bonds. The third-order valence-electron chi connectivity index (χ3n) is 1.78. The van der Waals surface area contributed by atoms with Gasteiger partial charge in [0.2, 0.25) is 0 Å². The minimum absolute atomic E-state index is 0.0771. The summed E-state index contributed by atoms with van der Waals surface area (Å²) < 4.78 is 14.2. The van der Waals surface area contributed by atoms with E-state index in [1.807, 2.05) is 0 Å². The molecule has 0 saturated carbocycles. The summed E-state index contributed by atoms with van der Waals surface area (Å²) in [5.41, 5.74) is 0.0771. The van der Waals surface area contributed by atoms with Gasteiger partial charge >= 0.3 is 5.97 Å². The van der Waals surface area contributed by atoms with Crippen LogP contribution in [0.15, 0.2) is 10.7 Å². The molecule has 0 fully saturated rings. The highest BCUT2D eigenvalue weighted by Crippen LogP contribution is 2.06. The molecule has 0 spiro atoms. The summed E-state index contributed by atoms with van der Waals surface area (Å²) in [6.45, 7) is 0. The molecule has 6 nitrogen and oxygen atoms in total. The van der Waals surface area contributed by atoms with E-state index in [1.54, 1.807) is 0 Å². The van der Waals surface area contributed by atoms with Crippen molar-refractivity contribution in [1.29, 1.82) is 0 Å². The molecule has 1 aromatic heterocycles. The van der Waals surface area contributed by atoms with Crippen molar-refractivity contribution in [3.05, 3.63) is 17.8 Å². The first-order chi connectivity index (χ1) is 7.21. The zero-order valence-corrected chi connectivity index (χ0v) is 8.43. The Morgan fingerprint density at radius 2 is 2.40 bits per heavy atom. The van der Waals surface area contributed by atoms with E-state index >= 15 is 0 Å². The largest absolute Gasteiger partial charge is 0.464 e. The monoisotopic (exact) mass is 213 g/mol. The lowest BCUT2D eigenvalue weighted by Crippen LogP contribution is -2.15. The molecule has 1 rings (SSSR count). The normalized spacial score (nSPS) is 12.1. The molecular weight excluding hydrogens is 202 g/mol. The Kier molecular flexibility index (Phi) is 3.99. The van der Waals surface area contributed by atoms with Gasteiger partial charge in [-0.05, 0) is 0 Å². The SMILES string of the molecule is COC(=O)c1coc(C[C@H](C=O)OC)n1. The van der Waals surface area contributed by atoms with Crippen molar-refractivity contribution in [3.8, 4) is 0 Å². The number of aromatic nitrogens is 1. The quantitative estimate of drug-likeness (QED) is 0.514. The number of aldehydes is 1. The lowest BCUT2D eigenvalue weighted by atomic mass is 10.3. The first-order valence-electron chi connectivity index (χ1n) is 4.22. The van der Waals surface area contributed by atoms with E-state index in [4.69, 9.17) is 9.15 Å². The number of nitrogens with zero attached hydrogens (tertiary/aromatic N) is 1. The molecule has 1 heterocycles. The van der Waals surface area contributed by atoms with Crippen LogP contribution in [0.25, 0.3) is 0 Å². The van der Waals surface area contributed by atoms with Crippen LogP contribution in [0.5, 0.6) is 0 Å². The predicted octanol–water partition coefficient (Wildman–Crippen LogP) is 0.218. The van der Waals surface area contributed by atoms with Gasteiger partial charge in [0.05, 0.1) is 13.5 Å². The molecule has 0 aliphatic rings. The highest BCUT2D eigenvalue weighted by molar-refractivity contribution is 5.86. The molecule has 0 radical (unpaired) electrons.